The summed E-state index contributed by atoms with van der Waals surface area (Å²) in [7, 11) is 0. The number of terminal acetylenes is 1. The van der Waals surface area contributed by atoms with Gasteiger partial charge in [-0.1, -0.05) is 4.99 Å². The molecular weight excluding hydrogens is 642 g/mol. The third-order valence-electron chi connectivity index (χ3n) is 6.32. The molecule has 0 aliphatic carbocycles. The van der Waals surface area contributed by atoms with Gasteiger partial charge in [0.05, 0.1) is 10.5 Å². The molecule has 0 aromatic heterocycles. The molecule has 252 valence electrons. The molecule has 2 unspecified atom stereocenters. The number of nitrogens with one attached hydrogen (secondary N) is 5. The van der Waals surface area contributed by atoms with E-state index in [1.54, 1.807) is 0 Å². The van der Waals surface area contributed by atoms with Crippen molar-refractivity contribution in [3.8, 4) is 24.4 Å². The molecule has 1 aliphatic rings. The van der Waals surface area contributed by atoms with E-state index in [9.17, 15) is 44.0 Å². The first-order chi connectivity index (χ1) is 22.4. The number of carboxylic acids is 1. The molecule has 0 radical (unpaired) electrons. The van der Waals surface area contributed by atoms with Gasteiger partial charge in [-0.05, 0) is 37.7 Å². The number of rotatable bonds is 15. The number of unbranched alkanes of at least 4 members (excludes halogenated alkanes) is 1. The molecule has 1 heterocycles. The lowest BCUT2D eigenvalue weighted by Crippen LogP contribution is -2.57. The second-order valence-electron chi connectivity index (χ2n) is 9.76. The van der Waals surface area contributed by atoms with Gasteiger partial charge in [0.25, 0.3) is 11.6 Å². The summed E-state index contributed by atoms with van der Waals surface area (Å²) in [5.74, 6) is -1.20. The molecule has 0 saturated heterocycles. The third kappa shape index (κ3) is 13.7. The lowest BCUT2D eigenvalue weighted by molar-refractivity contribution is -0.384. The summed E-state index contributed by atoms with van der Waals surface area (Å²) >= 11 is 0.922. The van der Waals surface area contributed by atoms with Gasteiger partial charge in [0.2, 0.25) is 23.6 Å². The number of hydrogen-bond donors (Lipinski definition) is 7. The maximum absolute atomic E-state index is 13.5. The number of amides is 5. The van der Waals surface area contributed by atoms with Crippen LogP contribution in [-0.2, 0) is 33.8 Å². The van der Waals surface area contributed by atoms with E-state index in [0.717, 1.165) is 23.9 Å². The third-order valence-corrected chi connectivity index (χ3v) is 7.48. The van der Waals surface area contributed by atoms with Crippen LogP contribution in [0.5, 0.6) is 0 Å². The predicted molar refractivity (Wildman–Crippen MR) is 163 cm³/mol. The summed E-state index contributed by atoms with van der Waals surface area (Å²) in [6, 6.07) is -0.556. The average Bonchev–Trinajstić information content (AvgIpc) is 3.02. The zero-order chi connectivity index (χ0) is 34.8. The fraction of sp³-hybridized carbons (Fsp3) is 0.429. The molecule has 0 saturated carbocycles. The number of hydroxylamine groups is 1. The standard InChI is InChI=1S/C28H33N7O11S/c1-2-3-14-45-46-31-12-5-4-6-19-27(41)34-21(26(40)30-13-11-23(29)36)16-47-22-9-7-17(35(43)44)15-18(22)25(39)32-20(28(42)33-19)8-10-24(37)38/h1,7,9,15,19-21,31H,4-6,8,10-13,16H2,(H2,29,36)(H,30,40)(H,32,39)(H,33,42)(H,34,41)(H,37,38)/t19?,20?,21-/m0/s1. The molecule has 1 aliphatic heterocycles. The topological polar surface area (TPSA) is 270 Å². The second kappa shape index (κ2) is 19.9. The Morgan fingerprint density at radius 2 is 1.81 bits per heavy atom. The maximum Gasteiger partial charge on any atom is 0.303 e. The minimum absolute atomic E-state index is 0.0339. The Hall–Kier alpha value is -5.37. The molecule has 0 fully saturated rings. The molecule has 0 spiro atoms. The average molecular weight is 676 g/mol. The van der Waals surface area contributed by atoms with Crippen LogP contribution >= 0.6 is 11.8 Å². The van der Waals surface area contributed by atoms with Crippen LogP contribution in [0.15, 0.2) is 23.1 Å². The minimum Gasteiger partial charge on any atom is -0.481 e. The van der Waals surface area contributed by atoms with Gasteiger partial charge < -0.3 is 32.1 Å². The van der Waals surface area contributed by atoms with Crippen molar-refractivity contribution in [2.75, 3.05) is 18.8 Å². The smallest absolute Gasteiger partial charge is 0.303 e. The number of fused-ring (bicyclic) bond motifs is 1. The fourth-order valence-electron chi connectivity index (χ4n) is 4.00. The van der Waals surface area contributed by atoms with Crippen LogP contribution in [0.3, 0.4) is 0 Å². The Labute approximate surface area is 272 Å². The monoisotopic (exact) mass is 675 g/mol. The number of nitrogens with two attached hydrogens (primary N) is 1. The molecule has 0 bridgehead atoms. The first-order valence-corrected chi connectivity index (χ1v) is 15.0. The maximum atomic E-state index is 13.5. The quantitative estimate of drug-likeness (QED) is 0.0381. The Morgan fingerprint density at radius 3 is 2.49 bits per heavy atom. The minimum atomic E-state index is -1.45. The summed E-state index contributed by atoms with van der Waals surface area (Å²) in [5.41, 5.74) is 6.95. The van der Waals surface area contributed by atoms with Crippen LogP contribution in [-0.4, -0.2) is 82.5 Å². The zero-order valence-electron chi connectivity index (χ0n) is 24.9. The number of nitro groups is 1. The Morgan fingerprint density at radius 1 is 1.09 bits per heavy atom. The van der Waals surface area contributed by atoms with Crippen molar-refractivity contribution in [3.05, 3.63) is 33.9 Å². The van der Waals surface area contributed by atoms with Crippen molar-refractivity contribution in [3.63, 3.8) is 0 Å². The Bertz CT molecular complexity index is 1450. The lowest BCUT2D eigenvalue weighted by atomic mass is 10.1. The van der Waals surface area contributed by atoms with Crippen molar-refractivity contribution < 1.29 is 48.7 Å². The highest BCUT2D eigenvalue weighted by Crippen LogP contribution is 2.28. The summed E-state index contributed by atoms with van der Waals surface area (Å²) in [4.78, 5) is 95.7. The van der Waals surface area contributed by atoms with Crippen LogP contribution in [0, 0.1) is 34.5 Å². The number of thioether (sulfide) groups is 1. The normalized spacial score (nSPS) is 18.0. The SMILES string of the molecule is C#CC#COONCCCCC1NC(=O)C(CCC(=O)O)NC(=O)c2cc([N+](=O)[O-])ccc2SC[C@@H](C(=O)NCCC(N)=O)NC1=O. The molecule has 1 aromatic rings. The van der Waals surface area contributed by atoms with Crippen LogP contribution in [0.4, 0.5) is 5.69 Å². The highest BCUT2D eigenvalue weighted by atomic mass is 32.2. The van der Waals surface area contributed by atoms with Gasteiger partial charge in [0.1, 0.15) is 18.1 Å². The summed E-state index contributed by atoms with van der Waals surface area (Å²) in [6.45, 7) is 0.0954. The van der Waals surface area contributed by atoms with Gasteiger partial charge in [0.15, 0.2) is 6.11 Å². The molecule has 2 rings (SSSR count). The molecule has 8 N–H and O–H groups in total. The molecule has 18 nitrogen and oxygen atoms in total. The van der Waals surface area contributed by atoms with Crippen molar-refractivity contribution in [2.45, 2.75) is 61.5 Å². The first-order valence-electron chi connectivity index (χ1n) is 14.0. The second-order valence-corrected chi connectivity index (χ2v) is 10.8. The van der Waals surface area contributed by atoms with Crippen LogP contribution in [0.2, 0.25) is 0 Å². The number of non-ortho nitro benzene ring substituents is 1. The molecule has 5 amide bonds. The zero-order valence-corrected chi connectivity index (χ0v) is 25.7. The van der Waals surface area contributed by atoms with E-state index in [0.29, 0.717) is 12.8 Å². The lowest BCUT2D eigenvalue weighted by Gasteiger charge is -2.24. The summed E-state index contributed by atoms with van der Waals surface area (Å²) in [6.07, 6.45) is 6.69. The summed E-state index contributed by atoms with van der Waals surface area (Å²) in [5, 5.41) is 30.7. The highest BCUT2D eigenvalue weighted by molar-refractivity contribution is 7.99. The van der Waals surface area contributed by atoms with E-state index in [4.69, 9.17) is 12.2 Å². The van der Waals surface area contributed by atoms with E-state index in [1.807, 2.05) is 5.92 Å². The van der Waals surface area contributed by atoms with E-state index in [2.05, 4.69) is 48.7 Å². The number of hydrogen-bond acceptors (Lipinski definition) is 12. The van der Waals surface area contributed by atoms with E-state index < -0.39 is 70.7 Å². The summed E-state index contributed by atoms with van der Waals surface area (Å²) < 4.78 is 0. The predicted octanol–water partition coefficient (Wildman–Crippen LogP) is -1.16. The van der Waals surface area contributed by atoms with Gasteiger partial charge in [0, 0.05) is 54.6 Å². The van der Waals surface area contributed by atoms with E-state index in [-0.39, 0.29) is 48.6 Å². The van der Waals surface area contributed by atoms with Crippen molar-refractivity contribution in [2.24, 2.45) is 5.73 Å². The molecule has 1 aromatic carbocycles. The van der Waals surface area contributed by atoms with Crippen molar-refractivity contribution in [1.82, 2.24) is 26.7 Å². The van der Waals surface area contributed by atoms with Crippen LogP contribution in [0.25, 0.3) is 0 Å². The van der Waals surface area contributed by atoms with Gasteiger partial charge in [-0.3, -0.25) is 43.8 Å². The van der Waals surface area contributed by atoms with Gasteiger partial charge in [-0.2, -0.15) is 5.48 Å². The van der Waals surface area contributed by atoms with Gasteiger partial charge in [-0.15, -0.1) is 18.2 Å². The van der Waals surface area contributed by atoms with Gasteiger partial charge in [-0.25, -0.2) is 0 Å². The van der Waals surface area contributed by atoms with E-state index in [1.165, 1.54) is 6.07 Å². The largest absolute Gasteiger partial charge is 0.481 e. The van der Waals surface area contributed by atoms with Gasteiger partial charge >= 0.3 is 5.97 Å². The number of aliphatic carboxylic acids is 1. The van der Waals surface area contributed by atoms with Crippen LogP contribution in [0.1, 0.15) is 48.9 Å². The van der Waals surface area contributed by atoms with E-state index >= 15 is 0 Å². The number of primary amides is 1. The Balaban J connectivity index is 2.38. The number of carboxylic acid groups (broad SMARTS) is 1. The van der Waals surface area contributed by atoms with Crippen molar-refractivity contribution in [1.29, 1.82) is 0 Å². The number of nitrogens with zero attached hydrogens (tertiary/aromatic N) is 1. The number of benzene rings is 1. The molecule has 19 heteroatoms. The number of carbonyl (C=O) groups excluding carboxylic acids is 5. The van der Waals surface area contributed by atoms with Crippen molar-refractivity contribution >= 4 is 53.0 Å². The molecular formula is C28H33N7O11S. The molecule has 47 heavy (non-hydrogen) atoms. The fourth-order valence-corrected chi connectivity index (χ4v) is 5.05. The number of carbonyl (C=O) groups is 6. The Kier molecular flexibility index (Phi) is 16.0. The molecule has 3 atom stereocenters. The first kappa shape index (κ1) is 37.8. The number of nitro benzene ring substituents is 1. The van der Waals surface area contributed by atoms with Crippen LogP contribution < -0.4 is 32.5 Å². The highest BCUT2D eigenvalue weighted by Gasteiger charge is 2.32.